The smallest absolute Gasteiger partial charge is 0.255 e. The highest BCUT2D eigenvalue weighted by molar-refractivity contribution is 5.94. The van der Waals surface area contributed by atoms with Gasteiger partial charge in [0.2, 0.25) is 5.56 Å². The lowest BCUT2D eigenvalue weighted by molar-refractivity contribution is -0.00343. The van der Waals surface area contributed by atoms with Crippen molar-refractivity contribution < 1.29 is 4.79 Å². The zero-order chi connectivity index (χ0) is 19.4. The van der Waals surface area contributed by atoms with Gasteiger partial charge in [-0.3, -0.25) is 14.5 Å². The fourth-order valence-corrected chi connectivity index (χ4v) is 5.65. The van der Waals surface area contributed by atoms with Crippen molar-refractivity contribution in [3.05, 3.63) is 69.6 Å². The quantitative estimate of drug-likeness (QED) is 0.807. The molecule has 28 heavy (non-hydrogen) atoms. The number of nitrogens with zero attached hydrogens (tertiary/aromatic N) is 3. The Labute approximate surface area is 165 Å². The minimum absolute atomic E-state index is 0.0639. The van der Waals surface area contributed by atoms with E-state index in [4.69, 9.17) is 0 Å². The molecule has 0 spiro atoms. The first-order chi connectivity index (χ1) is 13.5. The van der Waals surface area contributed by atoms with Crippen LogP contribution in [-0.2, 0) is 7.05 Å². The van der Waals surface area contributed by atoms with Crippen LogP contribution in [0.3, 0.4) is 0 Å². The van der Waals surface area contributed by atoms with E-state index in [1.54, 1.807) is 19.3 Å². The second-order valence-corrected chi connectivity index (χ2v) is 8.70. The van der Waals surface area contributed by atoms with Gasteiger partial charge in [-0.05, 0) is 50.4 Å². The zero-order valence-electron chi connectivity index (χ0n) is 16.5. The first kappa shape index (κ1) is 17.7. The minimum atomic E-state index is -0.0868. The molecule has 1 amide bonds. The van der Waals surface area contributed by atoms with E-state index in [0.717, 1.165) is 19.6 Å². The normalized spacial score (nSPS) is 31.1. The van der Waals surface area contributed by atoms with Crippen LogP contribution in [0.5, 0.6) is 0 Å². The lowest BCUT2D eigenvalue weighted by Gasteiger charge is -2.51. The van der Waals surface area contributed by atoms with Crippen molar-refractivity contribution in [1.29, 1.82) is 0 Å². The van der Waals surface area contributed by atoms with E-state index in [2.05, 4.69) is 41.0 Å². The number of aryl methyl sites for hydroxylation is 2. The fraction of sp³-hybridized carbons (Fsp3) is 0.478. The molecular weight excluding hydrogens is 350 g/mol. The number of hydrogen-bond donors (Lipinski definition) is 0. The minimum Gasteiger partial charge on any atom is -0.333 e. The molecule has 0 saturated carbocycles. The van der Waals surface area contributed by atoms with Gasteiger partial charge >= 0.3 is 0 Å². The van der Waals surface area contributed by atoms with Crippen molar-refractivity contribution in [3.63, 3.8) is 0 Å². The number of carbonyl (C=O) groups excluding carboxylic acids is 1. The molecule has 3 atom stereocenters. The standard InChI is InChI=1S/C23H27N3O2/c1-15-3-5-16(6-4-15)19-14-26(21-17-9-11-25(12-10-17)22(19)21)23(28)18-7-8-20(27)24(2)13-18/h3-8,13,17,19,21-22H,9-12,14H2,1-2H3/t19-,21+,22+/m0/s1. The van der Waals surface area contributed by atoms with E-state index in [9.17, 15) is 9.59 Å². The molecule has 5 heterocycles. The number of pyridine rings is 1. The highest BCUT2D eigenvalue weighted by atomic mass is 16.2. The number of rotatable bonds is 2. The van der Waals surface area contributed by atoms with Crippen molar-refractivity contribution in [1.82, 2.24) is 14.4 Å². The van der Waals surface area contributed by atoms with Crippen molar-refractivity contribution in [2.45, 2.75) is 37.8 Å². The van der Waals surface area contributed by atoms with Gasteiger partial charge in [-0.1, -0.05) is 29.8 Å². The molecule has 5 heteroatoms. The molecule has 2 bridgehead atoms. The van der Waals surface area contributed by atoms with Crippen LogP contribution in [0, 0.1) is 12.8 Å². The van der Waals surface area contributed by atoms with Crippen LogP contribution >= 0.6 is 0 Å². The van der Waals surface area contributed by atoms with E-state index >= 15 is 0 Å². The summed E-state index contributed by atoms with van der Waals surface area (Å²) in [7, 11) is 1.70. The third kappa shape index (κ3) is 2.72. The Bertz CT molecular complexity index is 957. The summed E-state index contributed by atoms with van der Waals surface area (Å²) in [5.74, 6) is 1.00. The Morgan fingerprint density at radius 3 is 2.39 bits per heavy atom. The van der Waals surface area contributed by atoms with Crippen molar-refractivity contribution in [3.8, 4) is 0 Å². The summed E-state index contributed by atoms with van der Waals surface area (Å²) in [6, 6.07) is 12.7. The molecule has 1 aromatic heterocycles. The molecule has 0 unspecified atom stereocenters. The molecule has 0 N–H and O–H groups in total. The Hall–Kier alpha value is -2.40. The van der Waals surface area contributed by atoms with Crippen LogP contribution in [0.1, 0.15) is 40.2 Å². The van der Waals surface area contributed by atoms with Gasteiger partial charge in [0.15, 0.2) is 0 Å². The molecular formula is C23H27N3O2. The summed E-state index contributed by atoms with van der Waals surface area (Å²) >= 11 is 0. The van der Waals surface area contributed by atoms with Crippen LogP contribution in [0.25, 0.3) is 0 Å². The summed E-state index contributed by atoms with van der Waals surface area (Å²) < 4.78 is 1.49. The van der Waals surface area contributed by atoms with Gasteiger partial charge in [0, 0.05) is 37.8 Å². The highest BCUT2D eigenvalue weighted by Gasteiger charge is 2.54. The Morgan fingerprint density at radius 1 is 1.00 bits per heavy atom. The van der Waals surface area contributed by atoms with Crippen LogP contribution in [0.2, 0.25) is 0 Å². The Morgan fingerprint density at radius 2 is 1.71 bits per heavy atom. The topological polar surface area (TPSA) is 45.6 Å². The van der Waals surface area contributed by atoms with Crippen LogP contribution in [-0.4, -0.2) is 52.0 Å². The van der Waals surface area contributed by atoms with Gasteiger partial charge in [0.05, 0.1) is 11.6 Å². The molecule has 1 aromatic carbocycles. The molecule has 4 fully saturated rings. The van der Waals surface area contributed by atoms with E-state index in [-0.39, 0.29) is 17.5 Å². The van der Waals surface area contributed by atoms with E-state index in [1.807, 2.05) is 0 Å². The zero-order valence-corrected chi connectivity index (χ0v) is 16.5. The Balaban J connectivity index is 1.52. The third-order valence-corrected chi connectivity index (χ3v) is 7.09. The number of amides is 1. The average Bonchev–Trinajstić information content (AvgIpc) is 3.14. The van der Waals surface area contributed by atoms with Gasteiger partial charge in [0.25, 0.3) is 5.91 Å². The molecule has 5 nitrogen and oxygen atoms in total. The number of likely N-dealkylation sites (tertiary alicyclic amines) is 1. The number of piperidine rings is 3. The molecule has 2 aromatic rings. The summed E-state index contributed by atoms with van der Waals surface area (Å²) in [5.41, 5.74) is 3.13. The Kier molecular flexibility index (Phi) is 4.16. The highest BCUT2D eigenvalue weighted by Crippen LogP contribution is 2.46. The molecule has 4 aliphatic heterocycles. The molecule has 4 saturated heterocycles. The monoisotopic (exact) mass is 377 g/mol. The predicted octanol–water partition coefficient (Wildman–Crippen LogP) is 2.40. The van der Waals surface area contributed by atoms with Gasteiger partial charge in [-0.15, -0.1) is 0 Å². The summed E-state index contributed by atoms with van der Waals surface area (Å²) in [5, 5.41) is 0. The maximum atomic E-state index is 13.5. The number of fused-ring (bicyclic) bond motifs is 2. The maximum Gasteiger partial charge on any atom is 0.255 e. The van der Waals surface area contributed by atoms with Gasteiger partial charge in [-0.2, -0.15) is 0 Å². The molecule has 0 aliphatic carbocycles. The second-order valence-electron chi connectivity index (χ2n) is 8.70. The average molecular weight is 377 g/mol. The maximum absolute atomic E-state index is 13.5. The largest absolute Gasteiger partial charge is 0.333 e. The van der Waals surface area contributed by atoms with Crippen molar-refractivity contribution >= 4 is 5.91 Å². The van der Waals surface area contributed by atoms with Crippen LogP contribution in [0.15, 0.2) is 47.4 Å². The fourth-order valence-electron chi connectivity index (χ4n) is 5.65. The lowest BCUT2D eigenvalue weighted by Crippen LogP contribution is -2.60. The van der Waals surface area contributed by atoms with Crippen molar-refractivity contribution in [2.24, 2.45) is 13.0 Å². The lowest BCUT2D eigenvalue weighted by atomic mass is 9.75. The number of aromatic nitrogens is 1. The van der Waals surface area contributed by atoms with Gasteiger partial charge in [0.1, 0.15) is 0 Å². The first-order valence-corrected chi connectivity index (χ1v) is 10.3. The van der Waals surface area contributed by atoms with Gasteiger partial charge in [-0.25, -0.2) is 0 Å². The van der Waals surface area contributed by atoms with E-state index < -0.39 is 0 Å². The summed E-state index contributed by atoms with van der Waals surface area (Å²) in [6.45, 7) is 5.17. The molecule has 0 radical (unpaired) electrons. The van der Waals surface area contributed by atoms with Gasteiger partial charge < -0.3 is 9.47 Å². The van der Waals surface area contributed by atoms with Crippen LogP contribution < -0.4 is 5.56 Å². The SMILES string of the molecule is Cc1ccc([C@@H]2CN(C(=O)c3ccc(=O)n(C)c3)[C@@H]3C4CCN(CC4)[C@@H]32)cc1. The third-order valence-electron chi connectivity index (χ3n) is 7.09. The summed E-state index contributed by atoms with van der Waals surface area (Å²) in [6.07, 6.45) is 4.04. The van der Waals surface area contributed by atoms with E-state index in [1.165, 1.54) is 34.6 Å². The summed E-state index contributed by atoms with van der Waals surface area (Å²) in [4.78, 5) is 29.9. The number of carbonyl (C=O) groups is 1. The molecule has 146 valence electrons. The molecule has 4 aliphatic rings. The van der Waals surface area contributed by atoms with Crippen LogP contribution in [0.4, 0.5) is 0 Å². The number of hydrogen-bond acceptors (Lipinski definition) is 3. The number of benzene rings is 1. The predicted molar refractivity (Wildman–Crippen MR) is 109 cm³/mol. The second kappa shape index (κ2) is 6.59. The molecule has 6 rings (SSSR count). The van der Waals surface area contributed by atoms with Crippen molar-refractivity contribution in [2.75, 3.05) is 19.6 Å². The van der Waals surface area contributed by atoms with E-state index in [0.29, 0.717) is 23.4 Å². The first-order valence-electron chi connectivity index (χ1n) is 10.3.